The average molecular weight is 433 g/mol. The zero-order chi connectivity index (χ0) is 21.2. The Hall–Kier alpha value is -3.12. The van der Waals surface area contributed by atoms with E-state index in [0.29, 0.717) is 19.0 Å². The number of hydrogen-bond donors (Lipinski definition) is 0. The Morgan fingerprint density at radius 2 is 1.74 bits per heavy atom. The van der Waals surface area contributed by atoms with Gasteiger partial charge in [0.15, 0.2) is 0 Å². The van der Waals surface area contributed by atoms with Gasteiger partial charge in [-0.25, -0.2) is 4.98 Å². The van der Waals surface area contributed by atoms with Crippen molar-refractivity contribution in [1.82, 2.24) is 9.55 Å². The first-order chi connectivity index (χ1) is 15.2. The monoisotopic (exact) mass is 432 g/mol. The molecule has 158 valence electrons. The largest absolute Gasteiger partial charge is 0.497 e. The molecule has 0 saturated carbocycles. The Bertz CT molecular complexity index is 1260. The number of hydrogen-bond acceptors (Lipinski definition) is 5. The zero-order valence-electron chi connectivity index (χ0n) is 17.5. The van der Waals surface area contributed by atoms with Crippen LogP contribution in [-0.4, -0.2) is 23.3 Å². The first-order valence-corrected chi connectivity index (χ1v) is 11.4. The van der Waals surface area contributed by atoms with E-state index in [-0.39, 0.29) is 5.56 Å². The predicted octanol–water partition coefficient (Wildman–Crippen LogP) is 5.09. The molecular weight excluding hydrogens is 408 g/mol. The minimum Gasteiger partial charge on any atom is -0.497 e. The number of thiophene rings is 1. The molecule has 5 nitrogen and oxygen atoms in total. The van der Waals surface area contributed by atoms with E-state index in [2.05, 4.69) is 0 Å². The quantitative estimate of drug-likeness (QED) is 0.426. The van der Waals surface area contributed by atoms with Crippen LogP contribution in [0.25, 0.3) is 21.6 Å². The molecule has 1 aliphatic rings. The zero-order valence-corrected chi connectivity index (χ0v) is 18.3. The molecule has 0 atom stereocenters. The summed E-state index contributed by atoms with van der Waals surface area (Å²) in [6.45, 7) is 0.814. The van der Waals surface area contributed by atoms with Crippen molar-refractivity contribution in [1.29, 1.82) is 0 Å². The predicted molar refractivity (Wildman–Crippen MR) is 124 cm³/mol. The van der Waals surface area contributed by atoms with Crippen LogP contribution in [0.3, 0.4) is 0 Å². The van der Waals surface area contributed by atoms with Crippen LogP contribution in [0, 0.1) is 0 Å². The topological polar surface area (TPSA) is 53.4 Å². The molecule has 2 aromatic heterocycles. The number of aromatic nitrogens is 2. The summed E-state index contributed by atoms with van der Waals surface area (Å²) in [7, 11) is 1.64. The lowest BCUT2D eigenvalue weighted by Crippen LogP contribution is -2.26. The molecule has 0 saturated heterocycles. The summed E-state index contributed by atoms with van der Waals surface area (Å²) < 4.78 is 12.9. The fourth-order valence-electron chi connectivity index (χ4n) is 4.18. The number of benzene rings is 2. The van der Waals surface area contributed by atoms with Gasteiger partial charge in [-0.1, -0.05) is 30.3 Å². The lowest BCUT2D eigenvalue weighted by atomic mass is 9.97. The van der Waals surface area contributed by atoms with Crippen LogP contribution < -0.4 is 15.0 Å². The van der Waals surface area contributed by atoms with E-state index in [4.69, 9.17) is 14.5 Å². The minimum atomic E-state index is 0.0431. The Balaban J connectivity index is 1.52. The van der Waals surface area contributed by atoms with Gasteiger partial charge in [0.25, 0.3) is 5.56 Å². The first-order valence-electron chi connectivity index (χ1n) is 10.6. The van der Waals surface area contributed by atoms with Crippen molar-refractivity contribution in [2.75, 3.05) is 13.7 Å². The molecule has 4 aromatic rings. The third-order valence-corrected chi connectivity index (χ3v) is 6.94. The van der Waals surface area contributed by atoms with E-state index >= 15 is 0 Å². The summed E-state index contributed by atoms with van der Waals surface area (Å²) >= 11 is 1.69. The standard InChI is InChI=1S/C25H24N2O3S/c1-29-18-11-13-19(14-12-18)30-16-15-27-23(17-7-3-2-4-8-17)26-24-22(25(27)28)20-9-5-6-10-21(20)31-24/h2-4,7-8,11-14H,5-6,9-10,15-16H2,1H3. The Morgan fingerprint density at radius 1 is 1.00 bits per heavy atom. The maximum Gasteiger partial charge on any atom is 0.262 e. The highest BCUT2D eigenvalue weighted by atomic mass is 32.1. The van der Waals surface area contributed by atoms with Crippen LogP contribution in [0.2, 0.25) is 0 Å². The summed E-state index contributed by atoms with van der Waals surface area (Å²) in [5, 5.41) is 0.809. The molecular formula is C25H24N2O3S. The molecule has 5 rings (SSSR count). The summed E-state index contributed by atoms with van der Waals surface area (Å²) in [5.74, 6) is 2.24. The van der Waals surface area contributed by atoms with Crippen molar-refractivity contribution in [3.05, 3.63) is 75.4 Å². The molecule has 2 aromatic carbocycles. The number of aryl methyl sites for hydroxylation is 2. The van der Waals surface area contributed by atoms with E-state index in [1.165, 1.54) is 16.9 Å². The van der Waals surface area contributed by atoms with E-state index in [0.717, 1.165) is 46.5 Å². The number of rotatable bonds is 6. The number of ether oxygens (including phenoxy) is 2. The maximum atomic E-state index is 13.6. The third kappa shape index (κ3) is 3.83. The Labute approximate surface area is 184 Å². The molecule has 31 heavy (non-hydrogen) atoms. The second kappa shape index (κ2) is 8.55. The fourth-order valence-corrected chi connectivity index (χ4v) is 5.43. The lowest BCUT2D eigenvalue weighted by molar-refractivity contribution is 0.296. The van der Waals surface area contributed by atoms with Gasteiger partial charge in [-0.2, -0.15) is 0 Å². The first kappa shape index (κ1) is 19.8. The number of methoxy groups -OCH3 is 1. The summed E-state index contributed by atoms with van der Waals surface area (Å²) in [5.41, 5.74) is 2.20. The van der Waals surface area contributed by atoms with Crippen LogP contribution in [-0.2, 0) is 19.4 Å². The third-order valence-electron chi connectivity index (χ3n) is 5.75. The highest BCUT2D eigenvalue weighted by Gasteiger charge is 2.22. The summed E-state index contributed by atoms with van der Waals surface area (Å²) in [6.07, 6.45) is 4.35. The van der Waals surface area contributed by atoms with Gasteiger partial charge in [0, 0.05) is 10.4 Å². The molecule has 0 bridgehead atoms. The van der Waals surface area contributed by atoms with Gasteiger partial charge >= 0.3 is 0 Å². The highest BCUT2D eigenvalue weighted by molar-refractivity contribution is 7.18. The van der Waals surface area contributed by atoms with Gasteiger partial charge < -0.3 is 9.47 Å². The Kier molecular flexibility index (Phi) is 5.47. The van der Waals surface area contributed by atoms with Crippen molar-refractivity contribution in [2.45, 2.75) is 32.2 Å². The number of fused-ring (bicyclic) bond motifs is 3. The van der Waals surface area contributed by atoms with Crippen molar-refractivity contribution in [3.8, 4) is 22.9 Å². The molecule has 6 heteroatoms. The normalized spacial score (nSPS) is 13.2. The van der Waals surface area contributed by atoms with Gasteiger partial charge in [-0.05, 0) is 55.5 Å². The van der Waals surface area contributed by atoms with Crippen molar-refractivity contribution in [2.24, 2.45) is 0 Å². The fraction of sp³-hybridized carbons (Fsp3) is 0.280. The lowest BCUT2D eigenvalue weighted by Gasteiger charge is -2.14. The number of nitrogens with zero attached hydrogens (tertiary/aromatic N) is 2. The van der Waals surface area contributed by atoms with E-state index in [1.54, 1.807) is 23.0 Å². The van der Waals surface area contributed by atoms with Gasteiger partial charge in [0.1, 0.15) is 28.8 Å². The Morgan fingerprint density at radius 3 is 2.52 bits per heavy atom. The van der Waals surface area contributed by atoms with E-state index < -0.39 is 0 Å². The molecule has 0 radical (unpaired) electrons. The van der Waals surface area contributed by atoms with Crippen molar-refractivity contribution in [3.63, 3.8) is 0 Å². The highest BCUT2D eigenvalue weighted by Crippen LogP contribution is 2.34. The van der Waals surface area contributed by atoms with Crippen LogP contribution >= 0.6 is 11.3 Å². The average Bonchev–Trinajstić information content (AvgIpc) is 3.20. The molecule has 0 N–H and O–H groups in total. The minimum absolute atomic E-state index is 0.0431. The molecule has 0 spiro atoms. The smallest absolute Gasteiger partial charge is 0.262 e. The summed E-state index contributed by atoms with van der Waals surface area (Å²) in [6, 6.07) is 17.4. The van der Waals surface area contributed by atoms with Gasteiger partial charge in [0.2, 0.25) is 0 Å². The van der Waals surface area contributed by atoms with Crippen molar-refractivity contribution < 1.29 is 9.47 Å². The molecule has 2 heterocycles. The molecule has 0 unspecified atom stereocenters. The van der Waals surface area contributed by atoms with Gasteiger partial charge in [0.05, 0.1) is 19.0 Å². The molecule has 1 aliphatic carbocycles. The molecule has 0 aliphatic heterocycles. The van der Waals surface area contributed by atoms with Crippen LogP contribution in [0.15, 0.2) is 59.4 Å². The van der Waals surface area contributed by atoms with Crippen LogP contribution in [0.5, 0.6) is 11.5 Å². The van der Waals surface area contributed by atoms with E-state index in [1.807, 2.05) is 54.6 Å². The van der Waals surface area contributed by atoms with Crippen molar-refractivity contribution >= 4 is 21.6 Å². The van der Waals surface area contributed by atoms with Crippen LogP contribution in [0.1, 0.15) is 23.3 Å². The second-order valence-corrected chi connectivity index (χ2v) is 8.76. The summed E-state index contributed by atoms with van der Waals surface area (Å²) in [4.78, 5) is 20.8. The second-order valence-electron chi connectivity index (χ2n) is 7.67. The molecule has 0 amide bonds. The maximum absolute atomic E-state index is 13.6. The van der Waals surface area contributed by atoms with E-state index in [9.17, 15) is 4.79 Å². The van der Waals surface area contributed by atoms with Gasteiger partial charge in [-0.15, -0.1) is 11.3 Å². The van der Waals surface area contributed by atoms with Gasteiger partial charge in [-0.3, -0.25) is 9.36 Å². The van der Waals surface area contributed by atoms with Crippen LogP contribution in [0.4, 0.5) is 0 Å². The molecule has 0 fully saturated rings. The SMILES string of the molecule is COc1ccc(OCCn2c(-c3ccccc3)nc3sc4c(c3c2=O)CCCC4)cc1.